The molecule has 1 N–H and O–H groups in total. The second-order valence-electron chi connectivity index (χ2n) is 5.14. The molecule has 2 aromatic rings. The van der Waals surface area contributed by atoms with Crippen molar-refractivity contribution in [3.63, 3.8) is 0 Å². The van der Waals surface area contributed by atoms with E-state index in [4.69, 9.17) is 0 Å². The molecule has 0 bridgehead atoms. The molecule has 0 unspecified atom stereocenters. The standard InChI is InChI=1S/C16H16BrF2N3O2/c1-10(2)22-14(7-8-20-22)21-15(23)6-3-11-9-12(17)4-5-13(11)24-16(18)19/h3-10,16H,1-2H3,(H,21,23)/b6-3+. The van der Waals surface area contributed by atoms with Gasteiger partial charge in [-0.1, -0.05) is 15.9 Å². The number of halogens is 3. The van der Waals surface area contributed by atoms with Gasteiger partial charge in [-0.2, -0.15) is 13.9 Å². The number of benzene rings is 1. The first kappa shape index (κ1) is 18.1. The molecule has 0 saturated heterocycles. The van der Waals surface area contributed by atoms with E-state index in [2.05, 4.69) is 31.1 Å². The molecule has 0 aliphatic carbocycles. The third-order valence-electron chi connectivity index (χ3n) is 3.01. The van der Waals surface area contributed by atoms with Crippen LogP contribution in [0.3, 0.4) is 0 Å². The van der Waals surface area contributed by atoms with Crippen molar-refractivity contribution in [3.8, 4) is 5.75 Å². The van der Waals surface area contributed by atoms with Crippen molar-refractivity contribution in [2.24, 2.45) is 0 Å². The van der Waals surface area contributed by atoms with Crippen molar-refractivity contribution >= 4 is 33.7 Å². The van der Waals surface area contributed by atoms with Gasteiger partial charge in [-0.25, -0.2) is 4.68 Å². The molecule has 1 aromatic carbocycles. The van der Waals surface area contributed by atoms with E-state index in [1.54, 1.807) is 29.1 Å². The fourth-order valence-corrected chi connectivity index (χ4v) is 2.39. The van der Waals surface area contributed by atoms with Gasteiger partial charge in [0.1, 0.15) is 11.6 Å². The summed E-state index contributed by atoms with van der Waals surface area (Å²) in [4.78, 5) is 12.0. The van der Waals surface area contributed by atoms with Crippen molar-refractivity contribution in [1.29, 1.82) is 0 Å². The summed E-state index contributed by atoms with van der Waals surface area (Å²) in [5.41, 5.74) is 0.359. The molecule has 0 atom stereocenters. The highest BCUT2D eigenvalue weighted by Crippen LogP contribution is 2.26. The average molecular weight is 400 g/mol. The average Bonchev–Trinajstić information content (AvgIpc) is 2.95. The quantitative estimate of drug-likeness (QED) is 0.728. The van der Waals surface area contributed by atoms with E-state index < -0.39 is 12.5 Å². The van der Waals surface area contributed by atoms with Gasteiger partial charge in [0.25, 0.3) is 0 Å². The maximum absolute atomic E-state index is 12.4. The number of rotatable bonds is 6. The number of anilines is 1. The number of nitrogens with one attached hydrogen (secondary N) is 1. The minimum atomic E-state index is -2.94. The molecule has 24 heavy (non-hydrogen) atoms. The second-order valence-corrected chi connectivity index (χ2v) is 6.05. The normalized spacial score (nSPS) is 11.5. The van der Waals surface area contributed by atoms with Gasteiger partial charge in [0.2, 0.25) is 5.91 Å². The summed E-state index contributed by atoms with van der Waals surface area (Å²) in [7, 11) is 0. The molecule has 0 aliphatic rings. The molecule has 8 heteroatoms. The zero-order chi connectivity index (χ0) is 17.7. The van der Waals surface area contributed by atoms with Crippen LogP contribution in [0.1, 0.15) is 25.5 Å². The van der Waals surface area contributed by atoms with Crippen LogP contribution in [0.4, 0.5) is 14.6 Å². The van der Waals surface area contributed by atoms with Crippen LogP contribution in [0.2, 0.25) is 0 Å². The summed E-state index contributed by atoms with van der Waals surface area (Å²) in [5, 5.41) is 6.80. The molecule has 1 heterocycles. The van der Waals surface area contributed by atoms with Crippen LogP contribution in [0, 0.1) is 0 Å². The lowest BCUT2D eigenvalue weighted by Gasteiger charge is -2.11. The molecule has 0 spiro atoms. The predicted octanol–water partition coefficient (Wildman–Crippen LogP) is 4.48. The van der Waals surface area contributed by atoms with Crippen molar-refractivity contribution in [1.82, 2.24) is 9.78 Å². The number of aromatic nitrogens is 2. The van der Waals surface area contributed by atoms with Gasteiger partial charge in [0, 0.05) is 28.2 Å². The highest BCUT2D eigenvalue weighted by atomic mass is 79.9. The molecule has 2 rings (SSSR count). The summed E-state index contributed by atoms with van der Waals surface area (Å²) < 4.78 is 31.6. The molecule has 0 aliphatic heterocycles. The second kappa shape index (κ2) is 8.05. The van der Waals surface area contributed by atoms with Crippen LogP contribution in [0.15, 0.2) is 41.0 Å². The Morgan fingerprint density at radius 1 is 1.38 bits per heavy atom. The van der Waals surface area contributed by atoms with Crippen molar-refractivity contribution in [2.45, 2.75) is 26.5 Å². The van der Waals surface area contributed by atoms with Gasteiger partial charge in [-0.3, -0.25) is 4.79 Å². The Morgan fingerprint density at radius 2 is 2.12 bits per heavy atom. The zero-order valence-electron chi connectivity index (χ0n) is 13.0. The molecule has 128 valence electrons. The van der Waals surface area contributed by atoms with Crippen LogP contribution in [-0.2, 0) is 4.79 Å². The van der Waals surface area contributed by atoms with E-state index in [0.717, 1.165) is 0 Å². The molecular formula is C16H16BrF2N3O2. The highest BCUT2D eigenvalue weighted by molar-refractivity contribution is 9.10. The van der Waals surface area contributed by atoms with Gasteiger partial charge >= 0.3 is 6.61 Å². The van der Waals surface area contributed by atoms with Crippen LogP contribution in [0.5, 0.6) is 5.75 Å². The van der Waals surface area contributed by atoms with E-state index in [-0.39, 0.29) is 11.8 Å². The number of amides is 1. The van der Waals surface area contributed by atoms with E-state index in [1.807, 2.05) is 13.8 Å². The summed E-state index contributed by atoms with van der Waals surface area (Å²) in [6.45, 7) is 0.939. The van der Waals surface area contributed by atoms with E-state index >= 15 is 0 Å². The summed E-state index contributed by atoms with van der Waals surface area (Å²) in [5.74, 6) is 0.141. The van der Waals surface area contributed by atoms with Gasteiger partial charge < -0.3 is 10.1 Å². The van der Waals surface area contributed by atoms with Crippen LogP contribution < -0.4 is 10.1 Å². The summed E-state index contributed by atoms with van der Waals surface area (Å²) in [6, 6.07) is 6.34. The fourth-order valence-electron chi connectivity index (χ4n) is 2.01. The molecule has 5 nitrogen and oxygen atoms in total. The van der Waals surface area contributed by atoms with E-state index in [9.17, 15) is 13.6 Å². The fraction of sp³-hybridized carbons (Fsp3) is 0.250. The summed E-state index contributed by atoms with van der Waals surface area (Å²) in [6.07, 6.45) is 4.24. The maximum Gasteiger partial charge on any atom is 0.387 e. The Morgan fingerprint density at radius 3 is 2.79 bits per heavy atom. The number of carbonyl (C=O) groups is 1. The minimum absolute atomic E-state index is 0.00975. The molecule has 1 amide bonds. The van der Waals surface area contributed by atoms with Gasteiger partial charge in [-0.15, -0.1) is 0 Å². The number of ether oxygens (including phenoxy) is 1. The van der Waals surface area contributed by atoms with Gasteiger partial charge in [0.15, 0.2) is 0 Å². The summed E-state index contributed by atoms with van der Waals surface area (Å²) >= 11 is 3.25. The number of hydrogen-bond donors (Lipinski definition) is 1. The Balaban J connectivity index is 2.14. The van der Waals surface area contributed by atoms with Crippen LogP contribution >= 0.6 is 15.9 Å². The van der Waals surface area contributed by atoms with E-state index in [1.165, 1.54) is 18.2 Å². The van der Waals surface area contributed by atoms with Crippen molar-refractivity contribution in [2.75, 3.05) is 5.32 Å². The third-order valence-corrected chi connectivity index (χ3v) is 3.51. The third kappa shape index (κ3) is 4.89. The Kier molecular flexibility index (Phi) is 6.08. The van der Waals surface area contributed by atoms with Gasteiger partial charge in [0.05, 0.1) is 6.20 Å². The topological polar surface area (TPSA) is 56.2 Å². The number of hydrogen-bond acceptors (Lipinski definition) is 3. The number of alkyl halides is 2. The molecule has 0 fully saturated rings. The first-order valence-corrected chi connectivity index (χ1v) is 7.93. The van der Waals surface area contributed by atoms with Crippen molar-refractivity contribution < 1.29 is 18.3 Å². The maximum atomic E-state index is 12.4. The predicted molar refractivity (Wildman–Crippen MR) is 91.0 cm³/mol. The monoisotopic (exact) mass is 399 g/mol. The minimum Gasteiger partial charge on any atom is -0.434 e. The lowest BCUT2D eigenvalue weighted by atomic mass is 10.2. The Hall–Kier alpha value is -2.22. The Labute approximate surface area is 146 Å². The molecular weight excluding hydrogens is 384 g/mol. The SMILES string of the molecule is CC(C)n1nccc1NC(=O)/C=C/c1cc(Br)ccc1OC(F)F. The molecule has 0 saturated carbocycles. The lowest BCUT2D eigenvalue weighted by Crippen LogP contribution is -2.14. The molecule has 0 radical (unpaired) electrons. The Bertz CT molecular complexity index is 745. The number of nitrogens with zero attached hydrogens (tertiary/aromatic N) is 2. The highest BCUT2D eigenvalue weighted by Gasteiger charge is 2.10. The van der Waals surface area contributed by atoms with Crippen molar-refractivity contribution in [3.05, 3.63) is 46.6 Å². The lowest BCUT2D eigenvalue weighted by molar-refractivity contribution is -0.111. The van der Waals surface area contributed by atoms with Crippen LogP contribution in [-0.4, -0.2) is 22.3 Å². The first-order chi connectivity index (χ1) is 11.4. The van der Waals surface area contributed by atoms with Gasteiger partial charge in [-0.05, 0) is 38.1 Å². The first-order valence-electron chi connectivity index (χ1n) is 7.13. The van der Waals surface area contributed by atoms with Crippen LogP contribution in [0.25, 0.3) is 6.08 Å². The number of carbonyl (C=O) groups excluding carboxylic acids is 1. The zero-order valence-corrected chi connectivity index (χ0v) is 14.6. The largest absolute Gasteiger partial charge is 0.434 e. The smallest absolute Gasteiger partial charge is 0.387 e. The molecule has 1 aromatic heterocycles. The van der Waals surface area contributed by atoms with E-state index in [0.29, 0.717) is 15.9 Å².